The fourth-order valence-electron chi connectivity index (χ4n) is 6.97. The second kappa shape index (κ2) is 16.2. The lowest BCUT2D eigenvalue weighted by molar-refractivity contribution is -0.157. The van der Waals surface area contributed by atoms with Gasteiger partial charge in [-0.25, -0.2) is 13.8 Å². The van der Waals surface area contributed by atoms with E-state index in [-0.39, 0.29) is 59.9 Å². The topological polar surface area (TPSA) is 156 Å². The Morgan fingerprint density at radius 1 is 1.02 bits per heavy atom. The minimum atomic E-state index is -3.25. The maximum atomic E-state index is 15.2. The van der Waals surface area contributed by atoms with Gasteiger partial charge in [-0.2, -0.15) is 0 Å². The maximum Gasteiger partial charge on any atom is 0.346 e. The van der Waals surface area contributed by atoms with E-state index in [4.69, 9.17) is 33.7 Å². The molecule has 3 amide bonds. The number of hydrogen-bond acceptors (Lipinski definition) is 6. The monoisotopic (exact) mass is 757 g/mol. The molecule has 10 nitrogen and oxygen atoms in total. The van der Waals surface area contributed by atoms with E-state index < -0.39 is 44.5 Å². The number of Topliss-reactive ketones (excluding diaryl/α,β-unsaturated/α-hetero) is 1. The number of ether oxygens (including phenoxy) is 1. The number of likely N-dealkylation sites (tertiary alicyclic amines) is 1. The number of urea groups is 1. The summed E-state index contributed by atoms with van der Waals surface area (Å²) in [6.07, 6.45) is 0.0279. The summed E-state index contributed by atoms with van der Waals surface area (Å²) in [6, 6.07) is 16.6. The largest absolute Gasteiger partial charge is 0.496 e. The lowest BCUT2D eigenvalue weighted by Gasteiger charge is -2.53. The minimum Gasteiger partial charge on any atom is -0.496 e. The molecular formula is C38H45Cl2N3O7S. The molecule has 13 heteroatoms. The van der Waals surface area contributed by atoms with Gasteiger partial charge in [0.05, 0.1) is 39.6 Å². The van der Waals surface area contributed by atoms with Crippen LogP contribution in [0, 0.1) is 11.3 Å². The number of carbonyl (C=O) groups is 4. The third kappa shape index (κ3) is 9.12. The molecule has 1 fully saturated rings. The van der Waals surface area contributed by atoms with Gasteiger partial charge in [0, 0.05) is 45.7 Å². The van der Waals surface area contributed by atoms with Crippen molar-refractivity contribution < 1.29 is 33.2 Å². The second-order valence-corrected chi connectivity index (χ2v) is 17.7. The van der Waals surface area contributed by atoms with Gasteiger partial charge in [0.15, 0.2) is 0 Å². The number of ketones is 1. The van der Waals surface area contributed by atoms with Crippen LogP contribution in [0.3, 0.4) is 0 Å². The Labute approximate surface area is 309 Å². The van der Waals surface area contributed by atoms with Crippen LogP contribution < -0.4 is 10.5 Å². The summed E-state index contributed by atoms with van der Waals surface area (Å²) in [4.78, 5) is 54.5. The summed E-state index contributed by atoms with van der Waals surface area (Å²) in [7, 11) is -1.85. The molecule has 3 aromatic rings. The number of carboxylic acids is 1. The highest BCUT2D eigenvalue weighted by atomic mass is 35.5. The number of piperidine rings is 1. The number of carboxylic acid groups (broad SMARTS) is 1. The smallest absolute Gasteiger partial charge is 0.346 e. The Kier molecular flexibility index (Phi) is 12.6. The van der Waals surface area contributed by atoms with Gasteiger partial charge in [-0.15, -0.1) is 4.36 Å². The van der Waals surface area contributed by atoms with E-state index in [0.717, 1.165) is 11.1 Å². The number of aromatic carboxylic acids is 1. The average molecular weight is 759 g/mol. The third-order valence-electron chi connectivity index (χ3n) is 9.62. The zero-order chi connectivity index (χ0) is 37.8. The molecule has 0 spiro atoms. The number of primary amides is 1. The molecule has 4 rings (SSSR count). The number of methoxy groups -OCH3 is 1. The van der Waals surface area contributed by atoms with Gasteiger partial charge in [0.2, 0.25) is 5.91 Å². The van der Waals surface area contributed by atoms with Gasteiger partial charge in [0.25, 0.3) is 0 Å². The molecule has 1 aliphatic rings. The molecule has 1 heterocycles. The van der Waals surface area contributed by atoms with Gasteiger partial charge < -0.3 is 20.5 Å². The van der Waals surface area contributed by atoms with Crippen molar-refractivity contribution in [3.63, 3.8) is 0 Å². The van der Waals surface area contributed by atoms with Crippen molar-refractivity contribution in [3.8, 4) is 5.75 Å². The van der Waals surface area contributed by atoms with Gasteiger partial charge >= 0.3 is 12.0 Å². The molecule has 3 N–H and O–H groups in total. The predicted octanol–water partition coefficient (Wildman–Crippen LogP) is 7.95. The molecular weight excluding hydrogens is 713 g/mol. The molecule has 3 aromatic carbocycles. The van der Waals surface area contributed by atoms with Crippen LogP contribution in [0.4, 0.5) is 4.79 Å². The van der Waals surface area contributed by atoms with Gasteiger partial charge in [-0.3, -0.25) is 9.59 Å². The van der Waals surface area contributed by atoms with E-state index in [1.165, 1.54) is 19.2 Å². The summed E-state index contributed by atoms with van der Waals surface area (Å²) in [5.74, 6) is -2.20. The minimum absolute atomic E-state index is 0.0199. The van der Waals surface area contributed by atoms with Crippen LogP contribution in [0.1, 0.15) is 86.5 Å². The van der Waals surface area contributed by atoms with Crippen LogP contribution in [-0.4, -0.2) is 62.1 Å². The summed E-state index contributed by atoms with van der Waals surface area (Å²) < 4.78 is 23.7. The van der Waals surface area contributed by atoms with Crippen LogP contribution in [0.2, 0.25) is 10.0 Å². The van der Waals surface area contributed by atoms with Crippen molar-refractivity contribution in [2.75, 3.05) is 12.9 Å². The summed E-state index contributed by atoms with van der Waals surface area (Å²) in [5, 5.41) is 9.90. The highest BCUT2D eigenvalue weighted by Gasteiger charge is 2.53. The Morgan fingerprint density at radius 3 is 2.24 bits per heavy atom. The van der Waals surface area contributed by atoms with Crippen LogP contribution in [0.15, 0.2) is 71.1 Å². The molecule has 0 bridgehead atoms. The molecule has 51 heavy (non-hydrogen) atoms. The lowest BCUT2D eigenvalue weighted by atomic mass is 9.66. The molecule has 1 aliphatic heterocycles. The summed E-state index contributed by atoms with van der Waals surface area (Å²) >= 11 is 12.9. The van der Waals surface area contributed by atoms with Crippen molar-refractivity contribution >= 4 is 56.6 Å². The van der Waals surface area contributed by atoms with Gasteiger partial charge in [0.1, 0.15) is 11.5 Å². The Balaban J connectivity index is 1.90. The van der Waals surface area contributed by atoms with Crippen molar-refractivity contribution in [3.05, 3.63) is 99.0 Å². The van der Waals surface area contributed by atoms with Gasteiger partial charge in [-0.05, 0) is 59.9 Å². The van der Waals surface area contributed by atoms with Crippen LogP contribution in [0.25, 0.3) is 0 Å². The fraction of sp³-hybridized carbons (Fsp3) is 0.421. The van der Waals surface area contributed by atoms with E-state index in [2.05, 4.69) is 4.36 Å². The maximum absolute atomic E-state index is 15.2. The number of rotatable bonds is 13. The number of benzene rings is 3. The standard InChI is InChI=1S/C38H45Cl2N3O7S/c1-22(2)32(21-51(49,23(3)4)42-37(41)48)43-34(24-12-14-28(39)15-13-24)31(25-8-7-9-29(40)16-25)20-38(5,36(43)47)19-30(44)17-26-10-11-27(35(45)46)18-33(26)50-6/h7-16,18,22-23,31-32,34H,17,19-21H2,1-6H3,(H2,41,48)(H,45,46)/t31-,32-,34-,38+,51-/m1/s1. The zero-order valence-corrected chi connectivity index (χ0v) is 31.9. The average Bonchev–Trinajstić information content (AvgIpc) is 3.05. The van der Waals surface area contributed by atoms with E-state index in [0.29, 0.717) is 15.6 Å². The Hall–Kier alpha value is -3.93. The molecule has 0 aromatic heterocycles. The fourth-order valence-corrected chi connectivity index (χ4v) is 9.31. The van der Waals surface area contributed by atoms with E-state index in [1.807, 2.05) is 44.2 Å². The predicted molar refractivity (Wildman–Crippen MR) is 200 cm³/mol. The highest BCUT2D eigenvalue weighted by molar-refractivity contribution is 7.94. The first-order valence-electron chi connectivity index (χ1n) is 16.7. The first-order valence-corrected chi connectivity index (χ1v) is 19.2. The molecule has 1 saturated heterocycles. The molecule has 0 radical (unpaired) electrons. The number of carbonyl (C=O) groups excluding carboxylic acids is 3. The molecule has 5 atom stereocenters. The van der Waals surface area contributed by atoms with Crippen molar-refractivity contribution in [2.45, 2.75) is 77.1 Å². The van der Waals surface area contributed by atoms with Crippen LogP contribution in [-0.2, 0) is 25.7 Å². The number of nitrogens with zero attached hydrogens (tertiary/aromatic N) is 2. The third-order valence-corrected chi connectivity index (χ3v) is 12.9. The second-order valence-electron chi connectivity index (χ2n) is 14.0. The van der Waals surface area contributed by atoms with Gasteiger partial charge in [-0.1, -0.05) is 88.2 Å². The molecule has 0 aliphatic carbocycles. The first-order chi connectivity index (χ1) is 23.9. The summed E-state index contributed by atoms with van der Waals surface area (Å²) in [6.45, 7) is 9.01. The van der Waals surface area contributed by atoms with Crippen molar-refractivity contribution in [2.24, 2.45) is 21.4 Å². The Morgan fingerprint density at radius 2 is 1.69 bits per heavy atom. The summed E-state index contributed by atoms with van der Waals surface area (Å²) in [5.41, 5.74) is 6.35. The quantitative estimate of drug-likeness (QED) is 0.179. The molecule has 0 saturated carbocycles. The molecule has 0 unspecified atom stereocenters. The zero-order valence-electron chi connectivity index (χ0n) is 29.6. The number of hydrogen-bond donors (Lipinski definition) is 2. The van der Waals surface area contributed by atoms with Crippen LogP contribution in [0.5, 0.6) is 5.75 Å². The molecule has 274 valence electrons. The Bertz CT molecular complexity index is 1920. The SMILES string of the molecule is COc1cc(C(=O)O)ccc1CC(=O)C[C@@]1(C)C[C@H](c2cccc(Cl)c2)[C@@H](c2ccc(Cl)cc2)N([C@H](C[S@](=O)(=NC(N)=O)C(C)C)C(C)C)C1=O. The number of nitrogens with two attached hydrogens (primary N) is 1. The first kappa shape index (κ1) is 39.8. The van der Waals surface area contributed by atoms with Crippen LogP contribution >= 0.6 is 23.2 Å². The highest BCUT2D eigenvalue weighted by Crippen LogP contribution is 2.53. The number of halogens is 2. The van der Waals surface area contributed by atoms with E-state index in [9.17, 15) is 23.7 Å². The van der Waals surface area contributed by atoms with Crippen molar-refractivity contribution in [1.29, 1.82) is 0 Å². The number of amides is 3. The van der Waals surface area contributed by atoms with Crippen molar-refractivity contribution in [1.82, 2.24) is 4.90 Å². The lowest BCUT2D eigenvalue weighted by Crippen LogP contribution is -2.59. The normalized spacial score (nSPS) is 20.9. The van der Waals surface area contributed by atoms with E-state index in [1.54, 1.807) is 49.9 Å². The van der Waals surface area contributed by atoms with E-state index >= 15 is 4.79 Å².